The molecule has 0 saturated carbocycles. The Morgan fingerprint density at radius 2 is 1.81 bits per heavy atom. The number of carbonyl (C=O) groups is 2. The minimum Gasteiger partial charge on any atom is -0.462 e. The molecule has 140 valence electrons. The van der Waals surface area contributed by atoms with E-state index in [1.165, 1.54) is 5.56 Å². The van der Waals surface area contributed by atoms with E-state index in [2.05, 4.69) is 6.08 Å². The number of ether oxygens (including phenoxy) is 1. The van der Waals surface area contributed by atoms with Crippen molar-refractivity contribution in [1.29, 1.82) is 0 Å². The number of allylic oxidation sites excluding steroid dienone is 1. The Morgan fingerprint density at radius 3 is 2.52 bits per heavy atom. The van der Waals surface area contributed by atoms with Gasteiger partial charge in [0.05, 0.1) is 18.3 Å². The molecule has 0 radical (unpaired) electrons. The first-order chi connectivity index (χ1) is 13.0. The molecule has 0 amide bonds. The number of benzene rings is 2. The van der Waals surface area contributed by atoms with Crippen molar-refractivity contribution in [1.82, 2.24) is 0 Å². The highest BCUT2D eigenvalue weighted by Crippen LogP contribution is 2.33. The van der Waals surface area contributed by atoms with Gasteiger partial charge < -0.3 is 9.84 Å². The highest BCUT2D eigenvalue weighted by atomic mass is 16.5. The molecule has 1 N–H and O–H groups in total. The Bertz CT molecular complexity index is 895. The van der Waals surface area contributed by atoms with Gasteiger partial charge in [-0.05, 0) is 61.4 Å². The largest absolute Gasteiger partial charge is 0.462 e. The molecule has 2 aliphatic carbocycles. The van der Waals surface area contributed by atoms with Crippen molar-refractivity contribution in [3.63, 3.8) is 0 Å². The molecule has 1 unspecified atom stereocenters. The number of hydrogen-bond donors (Lipinski definition) is 1. The molecule has 0 aliphatic heterocycles. The fourth-order valence-corrected chi connectivity index (χ4v) is 3.65. The third kappa shape index (κ3) is 4.01. The van der Waals surface area contributed by atoms with E-state index in [4.69, 9.17) is 4.74 Å². The quantitative estimate of drug-likeness (QED) is 0.651. The fraction of sp³-hybridized carbons (Fsp3) is 0.304. The zero-order chi connectivity index (χ0) is 19.4. The van der Waals surface area contributed by atoms with Gasteiger partial charge in [-0.2, -0.15) is 0 Å². The van der Waals surface area contributed by atoms with E-state index in [1.807, 2.05) is 43.3 Å². The van der Waals surface area contributed by atoms with E-state index >= 15 is 0 Å². The molecule has 0 saturated heterocycles. The van der Waals surface area contributed by atoms with Crippen LogP contribution in [-0.2, 0) is 17.6 Å². The maximum Gasteiger partial charge on any atom is 0.338 e. The minimum absolute atomic E-state index is 0.0396. The molecule has 0 heterocycles. The van der Waals surface area contributed by atoms with Crippen LogP contribution in [0.5, 0.6) is 0 Å². The lowest BCUT2D eigenvalue weighted by atomic mass is 10.00. The monoisotopic (exact) mass is 364 g/mol. The Morgan fingerprint density at radius 1 is 1.11 bits per heavy atom. The summed E-state index contributed by atoms with van der Waals surface area (Å²) in [5, 5.41) is 9.66. The van der Waals surface area contributed by atoms with Gasteiger partial charge in [0.15, 0.2) is 5.78 Å². The third-order valence-electron chi connectivity index (χ3n) is 4.91. The molecule has 4 rings (SSSR count). The lowest BCUT2D eigenvalue weighted by Gasteiger charge is -2.08. The number of esters is 1. The SMILES string of the molecule is CC(=O)c1cccc2c1C(O)CC2.CCOC(=O)c1cccc2c1C=CC2. The molecule has 2 aliphatic rings. The lowest BCUT2D eigenvalue weighted by molar-refractivity contribution is 0.0526. The average Bonchev–Trinajstić information content (AvgIpc) is 3.29. The van der Waals surface area contributed by atoms with Crippen LogP contribution in [0.3, 0.4) is 0 Å². The molecule has 27 heavy (non-hydrogen) atoms. The third-order valence-corrected chi connectivity index (χ3v) is 4.91. The van der Waals surface area contributed by atoms with E-state index in [0.29, 0.717) is 17.7 Å². The molecule has 2 aromatic carbocycles. The number of ketones is 1. The van der Waals surface area contributed by atoms with Crippen molar-refractivity contribution < 1.29 is 19.4 Å². The molecule has 1 atom stereocenters. The number of hydrogen-bond acceptors (Lipinski definition) is 4. The van der Waals surface area contributed by atoms with Gasteiger partial charge in [-0.25, -0.2) is 4.79 Å². The molecular weight excluding hydrogens is 340 g/mol. The summed E-state index contributed by atoms with van der Waals surface area (Å²) < 4.78 is 4.98. The molecular formula is C23H24O4. The summed E-state index contributed by atoms with van der Waals surface area (Å²) in [4.78, 5) is 22.8. The van der Waals surface area contributed by atoms with Gasteiger partial charge in [0, 0.05) is 5.56 Å². The molecule has 0 spiro atoms. The molecule has 0 fully saturated rings. The number of aliphatic hydroxyl groups is 1. The summed E-state index contributed by atoms with van der Waals surface area (Å²) in [5.41, 5.74) is 5.57. The summed E-state index contributed by atoms with van der Waals surface area (Å²) >= 11 is 0. The molecule has 0 bridgehead atoms. The van der Waals surface area contributed by atoms with Crippen LogP contribution in [0.4, 0.5) is 0 Å². The van der Waals surface area contributed by atoms with Crippen molar-refractivity contribution in [2.24, 2.45) is 0 Å². The average molecular weight is 364 g/mol. The second kappa shape index (κ2) is 8.31. The van der Waals surface area contributed by atoms with Gasteiger partial charge >= 0.3 is 5.97 Å². The second-order valence-corrected chi connectivity index (χ2v) is 6.69. The van der Waals surface area contributed by atoms with E-state index in [1.54, 1.807) is 13.0 Å². The number of rotatable bonds is 3. The van der Waals surface area contributed by atoms with Crippen molar-refractivity contribution >= 4 is 17.8 Å². The fourth-order valence-electron chi connectivity index (χ4n) is 3.65. The molecule has 4 nitrogen and oxygen atoms in total. The number of aliphatic hydroxyl groups excluding tert-OH is 1. The number of carbonyl (C=O) groups excluding carboxylic acids is 2. The van der Waals surface area contributed by atoms with E-state index in [0.717, 1.165) is 36.0 Å². The van der Waals surface area contributed by atoms with Crippen LogP contribution in [-0.4, -0.2) is 23.5 Å². The Hall–Kier alpha value is -2.72. The van der Waals surface area contributed by atoms with Gasteiger partial charge in [-0.3, -0.25) is 4.79 Å². The van der Waals surface area contributed by atoms with Crippen LogP contribution >= 0.6 is 0 Å². The van der Waals surface area contributed by atoms with Gasteiger partial charge in [-0.1, -0.05) is 42.5 Å². The highest BCUT2D eigenvalue weighted by Gasteiger charge is 2.24. The standard InChI is InChI=1S/C12H12O2.C11H12O2/c1-2-14-12(13)11-8-4-6-9-5-3-7-10(9)11;1-7(12)9-4-2-3-8-5-6-10(13)11(8)9/h3-4,6-8H,2,5H2,1H3;2-4,10,13H,5-6H2,1H3. The van der Waals surface area contributed by atoms with Crippen molar-refractivity contribution in [2.45, 2.75) is 39.2 Å². The van der Waals surface area contributed by atoms with E-state index < -0.39 is 6.10 Å². The summed E-state index contributed by atoms with van der Waals surface area (Å²) in [6.07, 6.45) is 6.17. The smallest absolute Gasteiger partial charge is 0.338 e. The van der Waals surface area contributed by atoms with Crippen molar-refractivity contribution in [2.75, 3.05) is 6.61 Å². The normalized spacial score (nSPS) is 16.2. The van der Waals surface area contributed by atoms with Gasteiger partial charge in [0.2, 0.25) is 0 Å². The topological polar surface area (TPSA) is 63.6 Å². The number of Topliss-reactive ketones (excluding diaryl/α,β-unsaturated/α-hetero) is 1. The van der Waals surface area contributed by atoms with Gasteiger partial charge in [0.25, 0.3) is 0 Å². The zero-order valence-electron chi connectivity index (χ0n) is 15.7. The number of aryl methyl sites for hydroxylation is 1. The van der Waals surface area contributed by atoms with Crippen LogP contribution in [0.25, 0.3) is 6.08 Å². The van der Waals surface area contributed by atoms with Crippen molar-refractivity contribution in [3.05, 3.63) is 75.9 Å². The van der Waals surface area contributed by atoms with Gasteiger partial charge in [-0.15, -0.1) is 0 Å². The summed E-state index contributed by atoms with van der Waals surface area (Å²) in [5.74, 6) is -0.186. The van der Waals surface area contributed by atoms with Crippen LogP contribution in [0.15, 0.2) is 42.5 Å². The molecule has 2 aromatic rings. The maximum absolute atomic E-state index is 11.5. The lowest BCUT2D eigenvalue weighted by Crippen LogP contribution is -2.06. The predicted octanol–water partition coefficient (Wildman–Crippen LogP) is 4.30. The van der Waals surface area contributed by atoms with E-state index in [9.17, 15) is 14.7 Å². The summed E-state index contributed by atoms with van der Waals surface area (Å²) in [6.45, 7) is 3.78. The Kier molecular flexibility index (Phi) is 5.87. The van der Waals surface area contributed by atoms with Crippen LogP contribution in [0.1, 0.15) is 69.3 Å². The summed E-state index contributed by atoms with van der Waals surface area (Å²) in [7, 11) is 0. The van der Waals surface area contributed by atoms with Gasteiger partial charge in [0.1, 0.15) is 0 Å². The molecule has 4 heteroatoms. The minimum atomic E-state index is -0.435. The second-order valence-electron chi connectivity index (χ2n) is 6.69. The first-order valence-electron chi connectivity index (χ1n) is 9.29. The Labute approximate surface area is 159 Å². The first kappa shape index (κ1) is 19.1. The number of fused-ring (bicyclic) bond motifs is 2. The summed E-state index contributed by atoms with van der Waals surface area (Å²) in [6, 6.07) is 11.4. The Balaban J connectivity index is 0.000000156. The zero-order valence-corrected chi connectivity index (χ0v) is 15.7. The van der Waals surface area contributed by atoms with Crippen LogP contribution < -0.4 is 0 Å². The molecule has 0 aromatic heterocycles. The highest BCUT2D eigenvalue weighted by molar-refractivity contribution is 5.96. The van der Waals surface area contributed by atoms with Crippen LogP contribution in [0.2, 0.25) is 0 Å². The predicted molar refractivity (Wildman–Crippen MR) is 105 cm³/mol. The first-order valence-corrected chi connectivity index (χ1v) is 9.29. The van der Waals surface area contributed by atoms with E-state index in [-0.39, 0.29) is 11.8 Å². The van der Waals surface area contributed by atoms with Crippen LogP contribution in [0, 0.1) is 0 Å². The maximum atomic E-state index is 11.5. The van der Waals surface area contributed by atoms with Crippen molar-refractivity contribution in [3.8, 4) is 0 Å².